The number of hydrogen-bond acceptors (Lipinski definition) is 5. The molecule has 23 heavy (non-hydrogen) atoms. The maximum Gasteiger partial charge on any atom is 0.325 e. The first-order chi connectivity index (χ1) is 10.9. The fourth-order valence-electron chi connectivity index (χ4n) is 2.60. The van der Waals surface area contributed by atoms with E-state index in [0.29, 0.717) is 11.3 Å². The number of rotatable bonds is 5. The van der Waals surface area contributed by atoms with Gasteiger partial charge in [0.1, 0.15) is 5.75 Å². The van der Waals surface area contributed by atoms with Crippen molar-refractivity contribution in [3.8, 4) is 5.75 Å². The highest BCUT2D eigenvalue weighted by Crippen LogP contribution is 2.33. The van der Waals surface area contributed by atoms with Crippen LogP contribution in [-0.2, 0) is 14.3 Å². The van der Waals surface area contributed by atoms with Gasteiger partial charge in [-0.15, -0.1) is 0 Å². The average molecular weight is 321 g/mol. The number of likely N-dealkylation sites (tertiary alicyclic amines) is 1. The molecule has 1 aliphatic heterocycles. The number of nitrogens with zero attached hydrogens (tertiary/aromatic N) is 1. The highest BCUT2D eigenvalue weighted by Gasteiger charge is 2.53. The molecule has 1 saturated heterocycles. The minimum absolute atomic E-state index is 0.0447. The molecule has 0 aromatic heterocycles. The summed E-state index contributed by atoms with van der Waals surface area (Å²) in [7, 11) is 1.53. The summed E-state index contributed by atoms with van der Waals surface area (Å²) in [5.41, 5.74) is -1.27. The lowest BCUT2D eigenvalue weighted by Gasteiger charge is -2.22. The molecule has 0 saturated carbocycles. The van der Waals surface area contributed by atoms with Gasteiger partial charge in [0.15, 0.2) is 5.41 Å². The van der Waals surface area contributed by atoms with Crippen LogP contribution in [0.4, 0.5) is 0 Å². The lowest BCUT2D eigenvalue weighted by Crippen LogP contribution is -2.44. The van der Waals surface area contributed by atoms with Crippen molar-refractivity contribution >= 4 is 17.8 Å². The van der Waals surface area contributed by atoms with Gasteiger partial charge in [0.25, 0.3) is 5.91 Å². The van der Waals surface area contributed by atoms with Crippen molar-refractivity contribution in [3.05, 3.63) is 29.8 Å². The van der Waals surface area contributed by atoms with Gasteiger partial charge in [-0.2, -0.15) is 0 Å². The van der Waals surface area contributed by atoms with E-state index in [-0.39, 0.29) is 32.0 Å². The number of benzene rings is 1. The van der Waals surface area contributed by atoms with E-state index >= 15 is 0 Å². The molecule has 1 aromatic carbocycles. The van der Waals surface area contributed by atoms with Crippen LogP contribution < -0.4 is 4.74 Å². The van der Waals surface area contributed by atoms with Gasteiger partial charge < -0.3 is 19.5 Å². The van der Waals surface area contributed by atoms with Gasteiger partial charge in [0.2, 0.25) is 0 Å². The van der Waals surface area contributed by atoms with Gasteiger partial charge in [-0.05, 0) is 37.6 Å². The fraction of sp³-hybridized carbons (Fsp3) is 0.438. The van der Waals surface area contributed by atoms with Crippen molar-refractivity contribution in [2.75, 3.05) is 26.8 Å². The summed E-state index contributed by atoms with van der Waals surface area (Å²) in [6, 6.07) is 6.51. The zero-order valence-corrected chi connectivity index (χ0v) is 13.1. The number of carbonyl (C=O) groups excluding carboxylic acids is 2. The standard InChI is InChI=1S/C16H19NO6/c1-3-23-15(21)16(14(19)20)8-9-17(10-16)13(18)11-4-6-12(22-2)7-5-11/h4-7H,3,8-10H2,1-2H3,(H,19,20). The Labute approximate surface area is 133 Å². The first kappa shape index (κ1) is 16.8. The van der Waals surface area contributed by atoms with Gasteiger partial charge in [-0.1, -0.05) is 0 Å². The van der Waals surface area contributed by atoms with Crippen LogP contribution in [0.25, 0.3) is 0 Å². The van der Waals surface area contributed by atoms with Gasteiger partial charge in [-0.25, -0.2) is 0 Å². The van der Waals surface area contributed by atoms with Crippen molar-refractivity contribution in [2.45, 2.75) is 13.3 Å². The number of methoxy groups -OCH3 is 1. The molecule has 0 aliphatic carbocycles. The second kappa shape index (κ2) is 6.68. The SMILES string of the molecule is CCOC(=O)C1(C(=O)O)CCN(C(=O)c2ccc(OC)cc2)C1. The van der Waals surface area contributed by atoms with E-state index < -0.39 is 17.4 Å². The van der Waals surface area contributed by atoms with E-state index in [1.54, 1.807) is 31.2 Å². The summed E-state index contributed by atoms with van der Waals surface area (Å²) in [6.07, 6.45) is 0.0447. The molecule has 1 heterocycles. The van der Waals surface area contributed by atoms with E-state index in [1.165, 1.54) is 12.0 Å². The topological polar surface area (TPSA) is 93.1 Å². The molecule has 1 amide bonds. The average Bonchev–Trinajstić information content (AvgIpc) is 3.01. The van der Waals surface area contributed by atoms with E-state index in [2.05, 4.69) is 0 Å². The van der Waals surface area contributed by atoms with Crippen LogP contribution in [0.5, 0.6) is 5.75 Å². The molecule has 1 unspecified atom stereocenters. The number of carboxylic acids is 1. The number of carboxylic acid groups (broad SMARTS) is 1. The molecule has 1 aromatic rings. The summed E-state index contributed by atoms with van der Waals surface area (Å²) in [5, 5.41) is 9.44. The summed E-state index contributed by atoms with van der Waals surface area (Å²) in [4.78, 5) is 37.5. The number of aliphatic carboxylic acids is 1. The Morgan fingerprint density at radius 3 is 2.43 bits per heavy atom. The Morgan fingerprint density at radius 1 is 1.26 bits per heavy atom. The smallest absolute Gasteiger partial charge is 0.325 e. The zero-order valence-electron chi connectivity index (χ0n) is 13.1. The molecule has 0 spiro atoms. The Hall–Kier alpha value is -2.57. The molecule has 1 fully saturated rings. The van der Waals surface area contributed by atoms with Crippen LogP contribution in [0.2, 0.25) is 0 Å². The molecule has 7 heteroatoms. The monoisotopic (exact) mass is 321 g/mol. The molecule has 0 radical (unpaired) electrons. The molecule has 7 nitrogen and oxygen atoms in total. The maximum atomic E-state index is 12.5. The van der Waals surface area contributed by atoms with Crippen molar-refractivity contribution in [1.29, 1.82) is 0 Å². The predicted octanol–water partition coefficient (Wildman–Crippen LogP) is 1.18. The third-order valence-electron chi connectivity index (χ3n) is 3.97. The van der Waals surface area contributed by atoms with Gasteiger partial charge in [-0.3, -0.25) is 14.4 Å². The van der Waals surface area contributed by atoms with E-state index in [0.717, 1.165) is 0 Å². The number of esters is 1. The Bertz CT molecular complexity index is 612. The summed E-state index contributed by atoms with van der Waals surface area (Å²) in [5.74, 6) is -1.76. The quantitative estimate of drug-likeness (QED) is 0.646. The van der Waals surface area contributed by atoms with Crippen LogP contribution >= 0.6 is 0 Å². The van der Waals surface area contributed by atoms with Crippen molar-refractivity contribution in [1.82, 2.24) is 4.90 Å². The molecular weight excluding hydrogens is 302 g/mol. The number of ether oxygens (including phenoxy) is 2. The fourth-order valence-corrected chi connectivity index (χ4v) is 2.60. The lowest BCUT2D eigenvalue weighted by atomic mass is 9.87. The van der Waals surface area contributed by atoms with Gasteiger partial charge in [0.05, 0.1) is 13.7 Å². The Kier molecular flexibility index (Phi) is 4.88. The molecule has 2 rings (SSSR count). The van der Waals surface area contributed by atoms with E-state index in [1.807, 2.05) is 0 Å². The van der Waals surface area contributed by atoms with Crippen LogP contribution in [0.3, 0.4) is 0 Å². The number of carbonyl (C=O) groups is 3. The lowest BCUT2D eigenvalue weighted by molar-refractivity contribution is -0.167. The summed E-state index contributed by atoms with van der Waals surface area (Å²) < 4.78 is 9.91. The van der Waals surface area contributed by atoms with Crippen LogP contribution in [0.1, 0.15) is 23.7 Å². The second-order valence-corrected chi connectivity index (χ2v) is 5.31. The molecule has 1 atom stereocenters. The summed E-state index contributed by atoms with van der Waals surface area (Å²) in [6.45, 7) is 1.71. The predicted molar refractivity (Wildman–Crippen MR) is 80.2 cm³/mol. The van der Waals surface area contributed by atoms with E-state index in [9.17, 15) is 19.5 Å². The first-order valence-corrected chi connectivity index (χ1v) is 7.28. The van der Waals surface area contributed by atoms with Crippen LogP contribution in [0.15, 0.2) is 24.3 Å². The van der Waals surface area contributed by atoms with Crippen molar-refractivity contribution in [2.24, 2.45) is 5.41 Å². The third kappa shape index (κ3) is 3.13. The minimum Gasteiger partial charge on any atom is -0.497 e. The minimum atomic E-state index is -1.68. The van der Waals surface area contributed by atoms with Crippen molar-refractivity contribution in [3.63, 3.8) is 0 Å². The number of amides is 1. The molecular formula is C16H19NO6. The van der Waals surface area contributed by atoms with Crippen LogP contribution in [-0.4, -0.2) is 54.7 Å². The third-order valence-corrected chi connectivity index (χ3v) is 3.97. The normalized spacial score (nSPS) is 20.2. The van der Waals surface area contributed by atoms with Gasteiger partial charge >= 0.3 is 11.9 Å². The highest BCUT2D eigenvalue weighted by atomic mass is 16.5. The highest BCUT2D eigenvalue weighted by molar-refractivity contribution is 6.02. The molecule has 124 valence electrons. The largest absolute Gasteiger partial charge is 0.497 e. The van der Waals surface area contributed by atoms with Crippen molar-refractivity contribution < 1.29 is 29.0 Å². The zero-order chi connectivity index (χ0) is 17.0. The first-order valence-electron chi connectivity index (χ1n) is 7.28. The number of hydrogen-bond donors (Lipinski definition) is 1. The molecule has 1 N–H and O–H groups in total. The molecule has 0 bridgehead atoms. The summed E-state index contributed by atoms with van der Waals surface area (Å²) >= 11 is 0. The van der Waals surface area contributed by atoms with E-state index in [4.69, 9.17) is 9.47 Å². The van der Waals surface area contributed by atoms with Crippen LogP contribution in [0, 0.1) is 5.41 Å². The molecule has 1 aliphatic rings. The maximum absolute atomic E-state index is 12.5. The Morgan fingerprint density at radius 2 is 1.91 bits per heavy atom. The second-order valence-electron chi connectivity index (χ2n) is 5.31. The Balaban J connectivity index is 2.17. The van der Waals surface area contributed by atoms with Gasteiger partial charge in [0, 0.05) is 18.7 Å².